The third-order valence-corrected chi connectivity index (χ3v) is 2.65. The van der Waals surface area contributed by atoms with Gasteiger partial charge in [0.2, 0.25) is 5.91 Å². The summed E-state index contributed by atoms with van der Waals surface area (Å²) < 4.78 is 0. The first-order valence-corrected chi connectivity index (χ1v) is 4.54. The van der Waals surface area contributed by atoms with Gasteiger partial charge in [-0.15, -0.1) is 12.6 Å². The second-order valence-electron chi connectivity index (χ2n) is 3.12. The maximum Gasteiger partial charge on any atom is 0.219 e. The molecule has 0 aliphatic carbocycles. The average Bonchev–Trinajstić information content (AvgIpc) is 2.04. The standard InChI is InChI=1S/C8H13NO2S/c1-6(10)9-4-2-7(3-5-9)8(11)12/h7H,2-5H2,1H3,(H,11,12). The monoisotopic (exact) mass is 187 g/mol. The third-order valence-electron chi connectivity index (χ3n) is 2.29. The van der Waals surface area contributed by atoms with E-state index in [1.54, 1.807) is 11.8 Å². The SMILES string of the molecule is CC(=O)N1CCC(C(=O)S)CC1. The number of thiol groups is 1. The molecule has 1 aliphatic heterocycles. The molecule has 1 aliphatic rings. The smallest absolute Gasteiger partial charge is 0.219 e. The zero-order valence-corrected chi connectivity index (χ0v) is 8.01. The normalized spacial score (nSPS) is 19.3. The lowest BCUT2D eigenvalue weighted by Gasteiger charge is -2.29. The maximum atomic E-state index is 10.9. The summed E-state index contributed by atoms with van der Waals surface area (Å²) in [6.45, 7) is 2.96. The Labute approximate surface area is 77.5 Å². The Morgan fingerprint density at radius 3 is 2.17 bits per heavy atom. The quantitative estimate of drug-likeness (QED) is 0.614. The molecule has 0 bridgehead atoms. The van der Waals surface area contributed by atoms with E-state index in [2.05, 4.69) is 12.6 Å². The van der Waals surface area contributed by atoms with Gasteiger partial charge in [-0.25, -0.2) is 0 Å². The van der Waals surface area contributed by atoms with Crippen molar-refractivity contribution < 1.29 is 9.59 Å². The van der Waals surface area contributed by atoms with Crippen LogP contribution >= 0.6 is 12.6 Å². The molecule has 0 aromatic carbocycles. The van der Waals surface area contributed by atoms with E-state index in [0.29, 0.717) is 13.1 Å². The number of hydrogen-bond donors (Lipinski definition) is 1. The van der Waals surface area contributed by atoms with E-state index in [1.165, 1.54) is 0 Å². The van der Waals surface area contributed by atoms with Gasteiger partial charge in [0.1, 0.15) is 0 Å². The van der Waals surface area contributed by atoms with E-state index < -0.39 is 0 Å². The van der Waals surface area contributed by atoms with Crippen molar-refractivity contribution in [1.29, 1.82) is 0 Å². The molecule has 0 aromatic heterocycles. The Kier molecular flexibility index (Phi) is 3.14. The summed E-state index contributed by atoms with van der Waals surface area (Å²) in [6.07, 6.45) is 1.53. The largest absolute Gasteiger partial charge is 0.343 e. The molecule has 1 saturated heterocycles. The van der Waals surface area contributed by atoms with Crippen molar-refractivity contribution in [3.05, 3.63) is 0 Å². The molecule has 0 saturated carbocycles. The van der Waals surface area contributed by atoms with Crippen molar-refractivity contribution in [1.82, 2.24) is 4.90 Å². The molecule has 0 aromatic rings. The van der Waals surface area contributed by atoms with Crippen LogP contribution in [0.5, 0.6) is 0 Å². The zero-order valence-electron chi connectivity index (χ0n) is 7.12. The lowest BCUT2D eigenvalue weighted by molar-refractivity contribution is -0.131. The number of likely N-dealkylation sites (tertiary alicyclic amines) is 1. The number of carbonyl (C=O) groups is 2. The average molecular weight is 187 g/mol. The highest BCUT2D eigenvalue weighted by Gasteiger charge is 2.23. The van der Waals surface area contributed by atoms with Crippen molar-refractivity contribution >= 4 is 23.7 Å². The number of carbonyl (C=O) groups excluding carboxylic acids is 2. The summed E-state index contributed by atoms with van der Waals surface area (Å²) in [6, 6.07) is 0. The van der Waals surface area contributed by atoms with Crippen molar-refractivity contribution in [2.45, 2.75) is 19.8 Å². The van der Waals surface area contributed by atoms with E-state index in [-0.39, 0.29) is 16.9 Å². The van der Waals surface area contributed by atoms with E-state index >= 15 is 0 Å². The minimum Gasteiger partial charge on any atom is -0.343 e. The molecule has 1 heterocycles. The predicted molar refractivity (Wildman–Crippen MR) is 49.0 cm³/mol. The summed E-state index contributed by atoms with van der Waals surface area (Å²) in [5, 5.41) is -0.0433. The number of amides is 1. The zero-order chi connectivity index (χ0) is 9.14. The van der Waals surface area contributed by atoms with Crippen molar-refractivity contribution in [3.63, 3.8) is 0 Å². The van der Waals surface area contributed by atoms with Crippen LogP contribution in [0, 0.1) is 5.92 Å². The van der Waals surface area contributed by atoms with Crippen molar-refractivity contribution in [2.75, 3.05) is 13.1 Å². The molecule has 3 nitrogen and oxygen atoms in total. The summed E-state index contributed by atoms with van der Waals surface area (Å²) >= 11 is 3.78. The molecular weight excluding hydrogens is 174 g/mol. The lowest BCUT2D eigenvalue weighted by atomic mass is 9.98. The van der Waals surface area contributed by atoms with Gasteiger partial charge >= 0.3 is 0 Å². The summed E-state index contributed by atoms with van der Waals surface area (Å²) in [5.74, 6) is 0.156. The van der Waals surface area contributed by atoms with Gasteiger partial charge in [0, 0.05) is 25.9 Å². The number of rotatable bonds is 1. The molecule has 12 heavy (non-hydrogen) atoms. The maximum absolute atomic E-state index is 10.9. The molecule has 0 N–H and O–H groups in total. The van der Waals surface area contributed by atoms with E-state index in [9.17, 15) is 9.59 Å². The molecule has 1 fully saturated rings. The fourth-order valence-corrected chi connectivity index (χ4v) is 1.70. The fourth-order valence-electron chi connectivity index (χ4n) is 1.44. The van der Waals surface area contributed by atoms with Gasteiger partial charge in [0.15, 0.2) is 5.12 Å². The van der Waals surface area contributed by atoms with Gasteiger partial charge in [0.05, 0.1) is 0 Å². The van der Waals surface area contributed by atoms with Gasteiger partial charge in [-0.1, -0.05) is 0 Å². The van der Waals surface area contributed by atoms with Crippen LogP contribution in [-0.2, 0) is 9.59 Å². The van der Waals surface area contributed by atoms with Crippen LogP contribution in [0.25, 0.3) is 0 Å². The Morgan fingerprint density at radius 2 is 1.83 bits per heavy atom. The van der Waals surface area contributed by atoms with Crippen LogP contribution in [-0.4, -0.2) is 29.0 Å². The van der Waals surface area contributed by atoms with Crippen LogP contribution in [0.3, 0.4) is 0 Å². The summed E-state index contributed by atoms with van der Waals surface area (Å²) in [7, 11) is 0. The number of nitrogens with zero attached hydrogens (tertiary/aromatic N) is 1. The molecule has 0 unspecified atom stereocenters. The van der Waals surface area contributed by atoms with E-state index in [1.807, 2.05) is 0 Å². The highest BCUT2D eigenvalue weighted by atomic mass is 32.1. The van der Waals surface area contributed by atoms with Gasteiger partial charge in [-0.2, -0.15) is 0 Å². The predicted octanol–water partition coefficient (Wildman–Crippen LogP) is 0.701. The lowest BCUT2D eigenvalue weighted by Crippen LogP contribution is -2.38. The number of piperidine rings is 1. The number of hydrogen-bond acceptors (Lipinski definition) is 2. The third kappa shape index (κ3) is 2.24. The van der Waals surface area contributed by atoms with Crippen LogP contribution in [0.2, 0.25) is 0 Å². The molecule has 4 heteroatoms. The molecule has 0 radical (unpaired) electrons. The highest BCUT2D eigenvalue weighted by molar-refractivity contribution is 7.96. The van der Waals surface area contributed by atoms with Crippen molar-refractivity contribution in [3.8, 4) is 0 Å². The molecule has 1 amide bonds. The minimum absolute atomic E-state index is 0.0433. The molecule has 1 rings (SSSR count). The fraction of sp³-hybridized carbons (Fsp3) is 0.750. The van der Waals surface area contributed by atoms with E-state index in [4.69, 9.17) is 0 Å². The first-order valence-electron chi connectivity index (χ1n) is 4.09. The second kappa shape index (κ2) is 3.94. The van der Waals surface area contributed by atoms with Crippen LogP contribution in [0.1, 0.15) is 19.8 Å². The van der Waals surface area contributed by atoms with Gasteiger partial charge in [-0.3, -0.25) is 9.59 Å². The van der Waals surface area contributed by atoms with Gasteiger partial charge < -0.3 is 4.90 Å². The van der Waals surface area contributed by atoms with Crippen molar-refractivity contribution in [2.24, 2.45) is 5.92 Å². The minimum atomic E-state index is -0.0433. The summed E-state index contributed by atoms with van der Waals surface area (Å²) in [5.41, 5.74) is 0. The second-order valence-corrected chi connectivity index (χ2v) is 3.56. The summed E-state index contributed by atoms with van der Waals surface area (Å²) in [4.78, 5) is 23.5. The highest BCUT2D eigenvalue weighted by Crippen LogP contribution is 2.19. The molecular formula is C8H13NO2S. The van der Waals surface area contributed by atoms with Crippen LogP contribution in [0.15, 0.2) is 0 Å². The first-order chi connectivity index (χ1) is 5.61. The Balaban J connectivity index is 2.39. The van der Waals surface area contributed by atoms with Crippen LogP contribution in [0.4, 0.5) is 0 Å². The Hall–Kier alpha value is -0.510. The topological polar surface area (TPSA) is 37.4 Å². The molecule has 0 spiro atoms. The molecule has 0 atom stereocenters. The van der Waals surface area contributed by atoms with Gasteiger partial charge in [-0.05, 0) is 12.8 Å². The Bertz CT molecular complexity index is 175. The Morgan fingerprint density at radius 1 is 1.33 bits per heavy atom. The van der Waals surface area contributed by atoms with Gasteiger partial charge in [0.25, 0.3) is 0 Å². The molecule has 68 valence electrons. The van der Waals surface area contributed by atoms with Crippen LogP contribution < -0.4 is 0 Å². The first kappa shape index (κ1) is 9.58. The van der Waals surface area contributed by atoms with E-state index in [0.717, 1.165) is 12.8 Å².